The minimum Gasteiger partial charge on any atom is -0.387 e. The zero-order valence-corrected chi connectivity index (χ0v) is 13.7. The molecule has 2 aromatic rings. The van der Waals surface area contributed by atoms with Gasteiger partial charge in [0.05, 0.1) is 12.3 Å². The van der Waals surface area contributed by atoms with Crippen LogP contribution in [0.4, 0.5) is 4.79 Å². The highest BCUT2D eigenvalue weighted by Gasteiger charge is 2.12. The van der Waals surface area contributed by atoms with E-state index in [4.69, 9.17) is 11.6 Å². The molecule has 124 valence electrons. The lowest BCUT2D eigenvalue weighted by atomic mass is 10.1. The Kier molecular flexibility index (Phi) is 6.43. The zero-order valence-electron chi connectivity index (χ0n) is 13.0. The van der Waals surface area contributed by atoms with Crippen LogP contribution in [0.5, 0.6) is 0 Å². The maximum atomic E-state index is 11.7. The lowest BCUT2D eigenvalue weighted by Gasteiger charge is -2.14. The maximum absolute atomic E-state index is 11.7. The van der Waals surface area contributed by atoms with Crippen molar-refractivity contribution in [2.45, 2.75) is 25.9 Å². The molecule has 0 fully saturated rings. The van der Waals surface area contributed by atoms with Crippen LogP contribution in [0.2, 0.25) is 5.02 Å². The van der Waals surface area contributed by atoms with Gasteiger partial charge < -0.3 is 15.7 Å². The normalized spacial score (nSPS) is 12.0. The second kappa shape index (κ2) is 8.55. The molecular formula is C16H21ClN4O2. The van der Waals surface area contributed by atoms with Crippen molar-refractivity contribution in [3.05, 3.63) is 52.3 Å². The number of carbonyl (C=O) groups excluding carboxylic acids is 1. The van der Waals surface area contributed by atoms with Gasteiger partial charge in [-0.3, -0.25) is 5.10 Å². The summed E-state index contributed by atoms with van der Waals surface area (Å²) >= 11 is 6.00. The van der Waals surface area contributed by atoms with Crippen LogP contribution in [0, 0.1) is 6.92 Å². The van der Waals surface area contributed by atoms with Crippen molar-refractivity contribution in [3.8, 4) is 0 Å². The standard InChI is InChI=1S/C16H21ClN4O2/c1-11-12(9-20-21-11)5-4-8-18-16(23)19-10-15(22)13-6-2-3-7-14(13)17/h2-3,6-7,9,15,22H,4-5,8,10H2,1H3,(H,20,21)(H2,18,19,23). The van der Waals surface area contributed by atoms with Crippen molar-refractivity contribution in [2.24, 2.45) is 0 Å². The molecule has 0 saturated heterocycles. The Morgan fingerprint density at radius 2 is 2.17 bits per heavy atom. The van der Waals surface area contributed by atoms with Gasteiger partial charge in [0.1, 0.15) is 0 Å². The highest BCUT2D eigenvalue weighted by Crippen LogP contribution is 2.21. The summed E-state index contributed by atoms with van der Waals surface area (Å²) in [6, 6.07) is 6.72. The average molecular weight is 337 g/mol. The summed E-state index contributed by atoms with van der Waals surface area (Å²) in [4.78, 5) is 11.7. The summed E-state index contributed by atoms with van der Waals surface area (Å²) in [5.41, 5.74) is 2.81. The lowest BCUT2D eigenvalue weighted by Crippen LogP contribution is -2.38. The third-order valence-corrected chi connectivity index (χ3v) is 3.91. The molecule has 0 radical (unpaired) electrons. The minimum atomic E-state index is -0.831. The molecule has 23 heavy (non-hydrogen) atoms. The van der Waals surface area contributed by atoms with Gasteiger partial charge in [0, 0.05) is 29.4 Å². The van der Waals surface area contributed by atoms with Crippen molar-refractivity contribution in [2.75, 3.05) is 13.1 Å². The van der Waals surface area contributed by atoms with Crippen molar-refractivity contribution < 1.29 is 9.90 Å². The third-order valence-electron chi connectivity index (χ3n) is 3.56. The molecule has 0 spiro atoms. The molecule has 0 bridgehead atoms. The quantitative estimate of drug-likeness (QED) is 0.585. The number of aryl methyl sites for hydroxylation is 2. The molecule has 0 saturated carbocycles. The van der Waals surface area contributed by atoms with Gasteiger partial charge in [-0.25, -0.2) is 4.79 Å². The van der Waals surface area contributed by atoms with Crippen molar-refractivity contribution in [1.29, 1.82) is 0 Å². The van der Waals surface area contributed by atoms with E-state index in [0.717, 1.165) is 24.1 Å². The molecule has 1 atom stereocenters. The molecule has 6 nitrogen and oxygen atoms in total. The monoisotopic (exact) mass is 336 g/mol. The van der Waals surface area contributed by atoms with E-state index in [2.05, 4.69) is 20.8 Å². The number of hydrogen-bond donors (Lipinski definition) is 4. The largest absolute Gasteiger partial charge is 0.387 e. The van der Waals surface area contributed by atoms with Crippen LogP contribution < -0.4 is 10.6 Å². The second-order valence-corrected chi connectivity index (χ2v) is 5.71. The second-order valence-electron chi connectivity index (χ2n) is 5.30. The van der Waals surface area contributed by atoms with Gasteiger partial charge >= 0.3 is 6.03 Å². The molecule has 0 aliphatic carbocycles. The van der Waals surface area contributed by atoms with Gasteiger partial charge in [-0.15, -0.1) is 0 Å². The third kappa shape index (κ3) is 5.26. The first-order valence-corrected chi connectivity index (χ1v) is 7.88. The number of amides is 2. The molecule has 1 aromatic carbocycles. The first-order chi connectivity index (χ1) is 11.1. The molecule has 2 amide bonds. The smallest absolute Gasteiger partial charge is 0.314 e. The highest BCUT2D eigenvalue weighted by molar-refractivity contribution is 6.31. The Balaban J connectivity index is 1.65. The van der Waals surface area contributed by atoms with E-state index in [0.29, 0.717) is 17.1 Å². The number of rotatable bonds is 7. The summed E-state index contributed by atoms with van der Waals surface area (Å²) in [7, 11) is 0. The van der Waals surface area contributed by atoms with Crippen molar-refractivity contribution in [3.63, 3.8) is 0 Å². The molecule has 1 aromatic heterocycles. The van der Waals surface area contributed by atoms with Crippen LogP contribution in [0.25, 0.3) is 0 Å². The Labute approximate surface area is 140 Å². The number of aliphatic hydroxyl groups is 1. The number of benzene rings is 1. The fraction of sp³-hybridized carbons (Fsp3) is 0.375. The fourth-order valence-corrected chi connectivity index (χ4v) is 2.48. The number of aromatic amines is 1. The number of nitrogens with zero attached hydrogens (tertiary/aromatic N) is 1. The predicted octanol–water partition coefficient (Wildman–Crippen LogP) is 2.34. The Morgan fingerprint density at radius 1 is 1.39 bits per heavy atom. The van der Waals surface area contributed by atoms with Gasteiger partial charge in [-0.2, -0.15) is 5.10 Å². The van der Waals surface area contributed by atoms with Gasteiger partial charge in [-0.1, -0.05) is 29.8 Å². The molecule has 0 aliphatic heterocycles. The lowest BCUT2D eigenvalue weighted by molar-refractivity contribution is 0.173. The number of hydrogen-bond acceptors (Lipinski definition) is 3. The number of aliphatic hydroxyl groups excluding tert-OH is 1. The molecule has 1 unspecified atom stereocenters. The molecule has 2 rings (SSSR count). The number of carbonyl (C=O) groups is 1. The molecule has 4 N–H and O–H groups in total. The summed E-state index contributed by atoms with van der Waals surface area (Å²) < 4.78 is 0. The van der Waals surface area contributed by atoms with E-state index in [-0.39, 0.29) is 12.6 Å². The van der Waals surface area contributed by atoms with E-state index in [1.54, 1.807) is 30.5 Å². The summed E-state index contributed by atoms with van der Waals surface area (Å²) in [5, 5.41) is 22.8. The fourth-order valence-electron chi connectivity index (χ4n) is 2.22. The number of nitrogens with one attached hydrogen (secondary N) is 3. The van der Waals surface area contributed by atoms with E-state index >= 15 is 0 Å². The molecule has 0 aliphatic rings. The van der Waals surface area contributed by atoms with Gasteiger partial charge in [0.25, 0.3) is 0 Å². The minimum absolute atomic E-state index is 0.108. The Bertz CT molecular complexity index is 645. The Morgan fingerprint density at radius 3 is 2.87 bits per heavy atom. The van der Waals surface area contributed by atoms with Crippen LogP contribution >= 0.6 is 11.6 Å². The highest BCUT2D eigenvalue weighted by atomic mass is 35.5. The number of aromatic nitrogens is 2. The van der Waals surface area contributed by atoms with E-state index in [1.165, 1.54) is 0 Å². The Hall–Kier alpha value is -2.05. The maximum Gasteiger partial charge on any atom is 0.314 e. The predicted molar refractivity (Wildman–Crippen MR) is 89.5 cm³/mol. The van der Waals surface area contributed by atoms with E-state index in [1.807, 2.05) is 6.92 Å². The molecular weight excluding hydrogens is 316 g/mol. The van der Waals surface area contributed by atoms with E-state index in [9.17, 15) is 9.90 Å². The average Bonchev–Trinajstić information content (AvgIpc) is 2.95. The first-order valence-electron chi connectivity index (χ1n) is 7.51. The zero-order chi connectivity index (χ0) is 16.7. The SMILES string of the molecule is Cc1[nH]ncc1CCCNC(=O)NCC(O)c1ccccc1Cl. The summed E-state index contributed by atoms with van der Waals surface area (Å²) in [6.45, 7) is 2.63. The van der Waals surface area contributed by atoms with Crippen LogP contribution in [0.3, 0.4) is 0 Å². The summed E-state index contributed by atoms with van der Waals surface area (Å²) in [6.07, 6.45) is 2.64. The van der Waals surface area contributed by atoms with Crippen LogP contribution in [0.1, 0.15) is 29.3 Å². The van der Waals surface area contributed by atoms with E-state index < -0.39 is 6.10 Å². The van der Waals surface area contributed by atoms with Gasteiger partial charge in [0.2, 0.25) is 0 Å². The van der Waals surface area contributed by atoms with Crippen molar-refractivity contribution >= 4 is 17.6 Å². The van der Waals surface area contributed by atoms with Crippen LogP contribution in [0.15, 0.2) is 30.5 Å². The molecule has 7 heteroatoms. The molecule has 1 heterocycles. The van der Waals surface area contributed by atoms with Crippen LogP contribution in [-0.2, 0) is 6.42 Å². The van der Waals surface area contributed by atoms with Crippen molar-refractivity contribution in [1.82, 2.24) is 20.8 Å². The first kappa shape index (κ1) is 17.3. The van der Waals surface area contributed by atoms with Gasteiger partial charge in [0.15, 0.2) is 0 Å². The van der Waals surface area contributed by atoms with Crippen LogP contribution in [-0.4, -0.2) is 34.4 Å². The number of urea groups is 1. The topological polar surface area (TPSA) is 90.0 Å². The summed E-state index contributed by atoms with van der Waals surface area (Å²) in [5.74, 6) is 0. The number of halogens is 1. The number of H-pyrrole nitrogens is 1. The van der Waals surface area contributed by atoms with Gasteiger partial charge in [-0.05, 0) is 31.4 Å².